The van der Waals surface area contributed by atoms with Crippen molar-refractivity contribution >= 4 is 10.8 Å². The quantitative estimate of drug-likeness (QED) is 0.633. The van der Waals surface area contributed by atoms with E-state index in [9.17, 15) is 0 Å². The van der Waals surface area contributed by atoms with Gasteiger partial charge in [-0.15, -0.1) is 0 Å². The summed E-state index contributed by atoms with van der Waals surface area (Å²) in [6, 6.07) is 7.88. The zero-order chi connectivity index (χ0) is 8.39. The number of hydrogen-bond donors (Lipinski definition) is 0. The van der Waals surface area contributed by atoms with Crippen molar-refractivity contribution in [2.45, 2.75) is 0 Å². The van der Waals surface area contributed by atoms with E-state index in [2.05, 4.69) is 11.2 Å². The topological polar surface area (TPSA) is 22.1 Å². The summed E-state index contributed by atoms with van der Waals surface area (Å²) in [5.74, 6) is 0.796. The lowest BCUT2D eigenvalue weighted by molar-refractivity contribution is 0.418. The minimum atomic E-state index is 0.796. The molecule has 0 fully saturated rings. The fraction of sp³-hybridized carbons (Fsp3) is 0.100. The van der Waals surface area contributed by atoms with Gasteiger partial charge in [0.05, 0.1) is 19.5 Å². The van der Waals surface area contributed by atoms with E-state index in [4.69, 9.17) is 4.74 Å². The molecule has 0 bridgehead atoms. The molecule has 2 nitrogen and oxygen atoms in total. The molecule has 0 atom stereocenters. The maximum atomic E-state index is 5.14. The number of hydrogen-bond acceptors (Lipinski definition) is 2. The van der Waals surface area contributed by atoms with Gasteiger partial charge in [-0.25, -0.2) is 0 Å². The van der Waals surface area contributed by atoms with Crippen molar-refractivity contribution in [1.82, 2.24) is 4.98 Å². The maximum Gasteiger partial charge on any atom is 0.145 e. The van der Waals surface area contributed by atoms with E-state index >= 15 is 0 Å². The molecule has 1 radical (unpaired) electrons. The first-order valence-corrected chi connectivity index (χ1v) is 3.71. The molecule has 1 aromatic carbocycles. The van der Waals surface area contributed by atoms with Crippen molar-refractivity contribution in [2.24, 2.45) is 0 Å². The van der Waals surface area contributed by atoms with Crippen LogP contribution in [-0.4, -0.2) is 12.1 Å². The third kappa shape index (κ3) is 1.01. The number of pyridine rings is 1. The average molecular weight is 158 g/mol. The Bertz CT molecular complexity index is 392. The number of rotatable bonds is 1. The van der Waals surface area contributed by atoms with Gasteiger partial charge in [-0.3, -0.25) is 4.98 Å². The van der Waals surface area contributed by atoms with Crippen molar-refractivity contribution in [3.63, 3.8) is 0 Å². The predicted molar refractivity (Wildman–Crippen MR) is 47.1 cm³/mol. The zero-order valence-corrected chi connectivity index (χ0v) is 6.74. The van der Waals surface area contributed by atoms with Crippen LogP contribution in [0.2, 0.25) is 0 Å². The molecular weight excluding hydrogens is 150 g/mol. The Balaban J connectivity index is 2.79. The van der Waals surface area contributed by atoms with Crippen molar-refractivity contribution in [2.75, 3.05) is 7.11 Å². The Morgan fingerprint density at radius 3 is 3.00 bits per heavy atom. The van der Waals surface area contributed by atoms with Gasteiger partial charge in [-0.1, -0.05) is 24.3 Å². The van der Waals surface area contributed by atoms with Gasteiger partial charge in [0.15, 0.2) is 0 Å². The van der Waals surface area contributed by atoms with Crippen LogP contribution in [-0.2, 0) is 0 Å². The molecule has 2 aromatic rings. The second-order valence-electron chi connectivity index (χ2n) is 2.48. The summed E-state index contributed by atoms with van der Waals surface area (Å²) in [6.07, 6.45) is 4.56. The highest BCUT2D eigenvalue weighted by molar-refractivity contribution is 5.86. The Kier molecular flexibility index (Phi) is 1.67. The summed E-state index contributed by atoms with van der Waals surface area (Å²) in [4.78, 5) is 3.93. The van der Waals surface area contributed by atoms with Crippen LogP contribution in [0.15, 0.2) is 30.5 Å². The number of ether oxygens (including phenoxy) is 1. The molecule has 1 aromatic heterocycles. The SMILES string of the molecule is COc1cn[c]c2ccccc12. The predicted octanol–water partition coefficient (Wildman–Crippen LogP) is 2.04. The second-order valence-corrected chi connectivity index (χ2v) is 2.48. The first-order valence-electron chi connectivity index (χ1n) is 3.71. The van der Waals surface area contributed by atoms with Crippen LogP contribution >= 0.6 is 0 Å². The van der Waals surface area contributed by atoms with Gasteiger partial charge in [-0.2, -0.15) is 0 Å². The van der Waals surface area contributed by atoms with Crippen LogP contribution in [0.25, 0.3) is 10.8 Å². The minimum absolute atomic E-state index is 0.796. The Labute approximate surface area is 70.8 Å². The van der Waals surface area contributed by atoms with Crippen molar-refractivity contribution in [3.8, 4) is 5.75 Å². The van der Waals surface area contributed by atoms with Crippen molar-refractivity contribution in [3.05, 3.63) is 36.7 Å². The van der Waals surface area contributed by atoms with Crippen molar-refractivity contribution in [1.29, 1.82) is 0 Å². The van der Waals surface area contributed by atoms with Crippen LogP contribution in [0.3, 0.4) is 0 Å². The van der Waals surface area contributed by atoms with Crippen LogP contribution < -0.4 is 4.74 Å². The molecule has 0 N–H and O–H groups in total. The average Bonchev–Trinajstić information content (AvgIpc) is 2.17. The monoisotopic (exact) mass is 158 g/mol. The molecule has 0 amide bonds. The standard InChI is InChI=1S/C10H8NO/c1-12-10-7-11-6-8-4-2-3-5-9(8)10/h2-5,7H,1H3. The van der Waals surface area contributed by atoms with Crippen LogP contribution in [0.4, 0.5) is 0 Å². The number of methoxy groups -OCH3 is 1. The van der Waals surface area contributed by atoms with Crippen molar-refractivity contribution < 1.29 is 4.74 Å². The van der Waals surface area contributed by atoms with Gasteiger partial charge in [-0.05, 0) is 0 Å². The van der Waals surface area contributed by atoms with Crippen LogP contribution in [0, 0.1) is 6.20 Å². The maximum absolute atomic E-state index is 5.14. The molecule has 0 spiro atoms. The highest BCUT2D eigenvalue weighted by Gasteiger charge is 1.98. The summed E-state index contributed by atoms with van der Waals surface area (Å²) in [5, 5.41) is 2.03. The summed E-state index contributed by atoms with van der Waals surface area (Å²) in [5.41, 5.74) is 0. The third-order valence-corrected chi connectivity index (χ3v) is 1.78. The second kappa shape index (κ2) is 2.81. The Hall–Kier alpha value is -1.57. The number of benzene rings is 1. The van der Waals surface area contributed by atoms with E-state index in [1.807, 2.05) is 24.3 Å². The molecule has 0 aliphatic rings. The molecule has 0 unspecified atom stereocenters. The molecule has 12 heavy (non-hydrogen) atoms. The van der Waals surface area contributed by atoms with Crippen LogP contribution in [0.5, 0.6) is 5.75 Å². The van der Waals surface area contributed by atoms with Gasteiger partial charge in [0.1, 0.15) is 5.75 Å². The Morgan fingerprint density at radius 1 is 1.33 bits per heavy atom. The van der Waals surface area contributed by atoms with Gasteiger partial charge >= 0.3 is 0 Å². The lowest BCUT2D eigenvalue weighted by atomic mass is 10.2. The third-order valence-electron chi connectivity index (χ3n) is 1.78. The fourth-order valence-corrected chi connectivity index (χ4v) is 1.19. The number of fused-ring (bicyclic) bond motifs is 1. The first-order chi connectivity index (χ1) is 5.92. The normalized spacial score (nSPS) is 10.1. The summed E-state index contributed by atoms with van der Waals surface area (Å²) in [7, 11) is 1.64. The fourth-order valence-electron chi connectivity index (χ4n) is 1.19. The molecule has 1 heterocycles. The van der Waals surface area contributed by atoms with E-state index in [1.165, 1.54) is 0 Å². The smallest absolute Gasteiger partial charge is 0.145 e. The first kappa shape index (κ1) is 7.10. The molecule has 2 heteroatoms. The largest absolute Gasteiger partial charge is 0.494 e. The lowest BCUT2D eigenvalue weighted by Crippen LogP contribution is -1.85. The van der Waals surface area contributed by atoms with Crippen LogP contribution in [0.1, 0.15) is 0 Å². The van der Waals surface area contributed by atoms with Gasteiger partial charge < -0.3 is 4.74 Å². The van der Waals surface area contributed by atoms with E-state index < -0.39 is 0 Å². The molecule has 0 saturated carbocycles. The summed E-state index contributed by atoms with van der Waals surface area (Å²) in [6.45, 7) is 0. The highest BCUT2D eigenvalue weighted by atomic mass is 16.5. The summed E-state index contributed by atoms with van der Waals surface area (Å²) >= 11 is 0. The molecular formula is C10H8NO. The zero-order valence-electron chi connectivity index (χ0n) is 6.74. The minimum Gasteiger partial charge on any atom is -0.494 e. The number of aromatic nitrogens is 1. The molecule has 0 aliphatic heterocycles. The molecule has 0 aliphatic carbocycles. The van der Waals surface area contributed by atoms with E-state index in [0.29, 0.717) is 0 Å². The Morgan fingerprint density at radius 2 is 2.17 bits per heavy atom. The summed E-state index contributed by atoms with van der Waals surface area (Å²) < 4.78 is 5.14. The molecule has 59 valence electrons. The van der Waals surface area contributed by atoms with E-state index in [-0.39, 0.29) is 0 Å². The van der Waals surface area contributed by atoms with Gasteiger partial charge in [0.2, 0.25) is 0 Å². The molecule has 0 saturated heterocycles. The highest BCUT2D eigenvalue weighted by Crippen LogP contribution is 2.22. The molecule has 2 rings (SSSR count). The van der Waals surface area contributed by atoms with Gasteiger partial charge in [0, 0.05) is 10.8 Å². The van der Waals surface area contributed by atoms with Gasteiger partial charge in [0.25, 0.3) is 0 Å². The van der Waals surface area contributed by atoms with E-state index in [1.54, 1.807) is 13.3 Å². The number of nitrogens with zero attached hydrogens (tertiary/aromatic N) is 1. The lowest BCUT2D eigenvalue weighted by Gasteiger charge is -2.02. The van der Waals surface area contributed by atoms with E-state index in [0.717, 1.165) is 16.5 Å².